The fourth-order valence-electron chi connectivity index (χ4n) is 8.09. The molecule has 10 atom stereocenters. The molecule has 2 aliphatic heterocycles. The molecule has 6 rings (SSSR count). The molecule has 0 aromatic heterocycles. The van der Waals surface area contributed by atoms with Crippen LogP contribution in [0.5, 0.6) is 0 Å². The smallest absolute Gasteiger partial charge is 0.338 e. The Morgan fingerprint density at radius 1 is 0.541 bits per heavy atom. The summed E-state index contributed by atoms with van der Waals surface area (Å²) < 4.78 is 61.6. The number of methoxy groups -OCH3 is 3. The summed E-state index contributed by atoms with van der Waals surface area (Å²) in [5, 5.41) is 11.1. The van der Waals surface area contributed by atoms with Gasteiger partial charge in [-0.15, -0.1) is 0 Å². The van der Waals surface area contributed by atoms with Gasteiger partial charge < -0.3 is 52.5 Å². The fraction of sp³-hybridized carbons (Fsp3) is 0.490. The first kappa shape index (κ1) is 46.5. The van der Waals surface area contributed by atoms with Crippen LogP contribution in [0.15, 0.2) is 121 Å². The molecule has 6 unspecified atom stereocenters. The van der Waals surface area contributed by atoms with Gasteiger partial charge >= 0.3 is 5.97 Å². The van der Waals surface area contributed by atoms with E-state index in [2.05, 4.69) is 12.1 Å². The van der Waals surface area contributed by atoms with Gasteiger partial charge in [0.1, 0.15) is 31.0 Å². The number of carbonyl (C=O) groups is 1. The molecule has 330 valence electrons. The molecule has 0 amide bonds. The van der Waals surface area contributed by atoms with Crippen LogP contribution in [0.25, 0.3) is 0 Å². The molecule has 12 heteroatoms. The Bertz CT molecular complexity index is 1780. The zero-order chi connectivity index (χ0) is 42.7. The van der Waals surface area contributed by atoms with Crippen LogP contribution < -0.4 is 0 Å². The summed E-state index contributed by atoms with van der Waals surface area (Å²) in [6.07, 6.45) is -3.70. The van der Waals surface area contributed by atoms with Crippen molar-refractivity contribution in [1.82, 2.24) is 0 Å². The Labute approximate surface area is 360 Å². The number of aliphatic hydroxyl groups is 1. The van der Waals surface area contributed by atoms with Gasteiger partial charge in [0.05, 0.1) is 44.7 Å². The van der Waals surface area contributed by atoms with Crippen LogP contribution in [0.2, 0.25) is 0 Å². The van der Waals surface area contributed by atoms with Crippen molar-refractivity contribution in [2.24, 2.45) is 5.92 Å². The molecule has 61 heavy (non-hydrogen) atoms. The van der Waals surface area contributed by atoms with Crippen molar-refractivity contribution in [2.45, 2.75) is 107 Å². The molecule has 2 saturated heterocycles. The quantitative estimate of drug-likeness (QED) is 0.0586. The van der Waals surface area contributed by atoms with Crippen molar-refractivity contribution < 1.29 is 57.3 Å². The van der Waals surface area contributed by atoms with Gasteiger partial charge in [-0.3, -0.25) is 0 Å². The topological polar surface area (TPSA) is 130 Å². The lowest BCUT2D eigenvalue weighted by atomic mass is 9.85. The third-order valence-corrected chi connectivity index (χ3v) is 11.3. The molecular formula is C49H62O12. The van der Waals surface area contributed by atoms with Crippen LogP contribution in [-0.4, -0.2) is 107 Å². The standard InChI is InChI=1S/C49H62O12/c1-52-44-40(60-46(42(50)45(44)53-2)48(51)59-33-38-24-14-7-15-25-38)27-17-29-55-28-16-26-39-41(34-56-30-35-18-8-4-9-19-35)61-49(54-3)47(58-32-37-22-12-6-13-23-37)43(39)57-31-36-20-10-5-11-21-36/h4-15,18-25,39-47,49-50H,16-17,26-34H2,1-3H3/t39-,40+,41?,42+,43?,44?,45?,46?,47?,49+/m1/s1. The lowest BCUT2D eigenvalue weighted by molar-refractivity contribution is -0.306. The largest absolute Gasteiger partial charge is 0.459 e. The van der Waals surface area contributed by atoms with E-state index in [9.17, 15) is 9.90 Å². The molecule has 0 radical (unpaired) electrons. The lowest BCUT2D eigenvalue weighted by Crippen LogP contribution is -2.61. The Kier molecular flexibility index (Phi) is 19.2. The van der Waals surface area contributed by atoms with Crippen LogP contribution in [0.1, 0.15) is 47.9 Å². The summed E-state index contributed by atoms with van der Waals surface area (Å²) in [4.78, 5) is 13.1. The van der Waals surface area contributed by atoms with Crippen LogP contribution in [-0.2, 0) is 78.6 Å². The Balaban J connectivity index is 1.07. The van der Waals surface area contributed by atoms with Gasteiger partial charge in [0.25, 0.3) is 0 Å². The highest BCUT2D eigenvalue weighted by Gasteiger charge is 2.50. The van der Waals surface area contributed by atoms with Crippen molar-refractivity contribution in [3.8, 4) is 0 Å². The third kappa shape index (κ3) is 13.7. The number of ether oxygens (including phenoxy) is 10. The highest BCUT2D eigenvalue weighted by molar-refractivity contribution is 5.75. The first-order valence-electron chi connectivity index (χ1n) is 21.3. The summed E-state index contributed by atoms with van der Waals surface area (Å²) in [7, 11) is 4.66. The SMILES string of the molecule is COC1C(OC)[C@H](CCCOCCC[C@@H]2C(COCc3ccccc3)O[C@H](OC)C(OCc3ccccc3)C2OCc2ccccc2)OC(C(=O)OCc2ccccc2)[C@H]1O. The normalized spacial score (nSPS) is 26.5. The second-order valence-corrected chi connectivity index (χ2v) is 15.4. The maximum atomic E-state index is 13.1. The molecule has 2 aliphatic rings. The minimum atomic E-state index is -1.26. The van der Waals surface area contributed by atoms with Crippen LogP contribution in [0.4, 0.5) is 0 Å². The van der Waals surface area contributed by atoms with Crippen molar-refractivity contribution in [1.29, 1.82) is 0 Å². The average Bonchev–Trinajstić information content (AvgIpc) is 3.30. The first-order chi connectivity index (χ1) is 30.0. The van der Waals surface area contributed by atoms with Gasteiger partial charge in [-0.1, -0.05) is 121 Å². The third-order valence-electron chi connectivity index (χ3n) is 11.3. The Morgan fingerprint density at radius 3 is 1.59 bits per heavy atom. The van der Waals surface area contributed by atoms with Gasteiger partial charge in [0.15, 0.2) is 12.4 Å². The average molecular weight is 843 g/mol. The number of benzene rings is 4. The van der Waals surface area contributed by atoms with E-state index in [0.717, 1.165) is 35.1 Å². The van der Waals surface area contributed by atoms with E-state index in [1.807, 2.05) is 109 Å². The predicted molar refractivity (Wildman–Crippen MR) is 227 cm³/mol. The lowest BCUT2D eigenvalue weighted by Gasteiger charge is -2.46. The summed E-state index contributed by atoms with van der Waals surface area (Å²) >= 11 is 0. The molecule has 2 fully saturated rings. The summed E-state index contributed by atoms with van der Waals surface area (Å²) in [6, 6.07) is 39.6. The van der Waals surface area contributed by atoms with Crippen molar-refractivity contribution in [3.63, 3.8) is 0 Å². The van der Waals surface area contributed by atoms with Crippen LogP contribution in [0.3, 0.4) is 0 Å². The van der Waals surface area contributed by atoms with Gasteiger partial charge in [-0.05, 0) is 47.9 Å². The predicted octanol–water partition coefficient (Wildman–Crippen LogP) is 6.84. The molecular weight excluding hydrogens is 781 g/mol. The molecule has 0 aliphatic carbocycles. The summed E-state index contributed by atoms with van der Waals surface area (Å²) in [6.45, 7) is 2.58. The van der Waals surface area contributed by atoms with E-state index in [1.54, 1.807) is 14.2 Å². The Hall–Kier alpha value is -4.05. The first-order valence-corrected chi connectivity index (χ1v) is 21.3. The minimum Gasteiger partial charge on any atom is -0.459 e. The highest BCUT2D eigenvalue weighted by Crippen LogP contribution is 2.36. The number of esters is 1. The van der Waals surface area contributed by atoms with E-state index >= 15 is 0 Å². The summed E-state index contributed by atoms with van der Waals surface area (Å²) in [5.41, 5.74) is 4.01. The second-order valence-electron chi connectivity index (χ2n) is 15.4. The molecule has 0 bridgehead atoms. The van der Waals surface area contributed by atoms with Crippen molar-refractivity contribution >= 4 is 5.97 Å². The molecule has 1 N–H and O–H groups in total. The number of hydrogen-bond donors (Lipinski definition) is 1. The maximum Gasteiger partial charge on any atom is 0.338 e. The van der Waals surface area contributed by atoms with Crippen molar-refractivity contribution in [2.75, 3.05) is 41.2 Å². The molecule has 12 nitrogen and oxygen atoms in total. The van der Waals surface area contributed by atoms with E-state index in [-0.39, 0.29) is 24.7 Å². The number of hydrogen-bond acceptors (Lipinski definition) is 12. The van der Waals surface area contributed by atoms with Gasteiger partial charge in [0.2, 0.25) is 0 Å². The van der Waals surface area contributed by atoms with Gasteiger partial charge in [-0.25, -0.2) is 4.79 Å². The summed E-state index contributed by atoms with van der Waals surface area (Å²) in [5.74, 6) is -0.760. The van der Waals surface area contributed by atoms with Crippen LogP contribution in [0, 0.1) is 5.92 Å². The Morgan fingerprint density at radius 2 is 1.05 bits per heavy atom. The molecule has 4 aromatic carbocycles. The molecule has 0 saturated carbocycles. The maximum absolute atomic E-state index is 13.1. The van der Waals surface area contributed by atoms with Crippen LogP contribution >= 0.6 is 0 Å². The monoisotopic (exact) mass is 842 g/mol. The zero-order valence-electron chi connectivity index (χ0n) is 35.5. The van der Waals surface area contributed by atoms with E-state index in [4.69, 9.17) is 47.4 Å². The number of rotatable bonds is 24. The van der Waals surface area contributed by atoms with E-state index in [1.165, 1.54) is 7.11 Å². The number of aliphatic hydroxyl groups excluding tert-OH is 1. The molecule has 0 spiro atoms. The number of carbonyl (C=O) groups excluding carboxylic acids is 1. The van der Waals surface area contributed by atoms with E-state index < -0.39 is 48.9 Å². The van der Waals surface area contributed by atoms with Crippen molar-refractivity contribution in [3.05, 3.63) is 144 Å². The molecule has 2 heterocycles. The molecule has 4 aromatic rings. The zero-order valence-corrected chi connectivity index (χ0v) is 35.5. The van der Waals surface area contributed by atoms with Gasteiger partial charge in [-0.2, -0.15) is 0 Å². The fourth-order valence-corrected chi connectivity index (χ4v) is 8.09. The minimum absolute atomic E-state index is 0.0682. The van der Waals surface area contributed by atoms with E-state index in [0.29, 0.717) is 52.5 Å². The highest BCUT2D eigenvalue weighted by atomic mass is 16.7. The second kappa shape index (κ2) is 25.2. The van der Waals surface area contributed by atoms with Gasteiger partial charge in [0, 0.05) is 40.5 Å².